The molecule has 0 bridgehead atoms. The number of allylic oxidation sites excluding steroid dienone is 1. The molecule has 2 aromatic rings. The summed E-state index contributed by atoms with van der Waals surface area (Å²) in [5.74, 6) is 0. The van der Waals surface area contributed by atoms with Gasteiger partial charge in [-0.1, -0.05) is 71.4 Å². The summed E-state index contributed by atoms with van der Waals surface area (Å²) in [4.78, 5) is 4.70. The standard InChI is InChI=1S/C22H22N2S/c1-14-3-7-16(8-4-14)13-18-11-12-19-20(18)24-22(23)25-21(19)17-9-5-15(2)6-10-17/h3-10,13,21H,11-12H2,1-2H3,(H2,23,24)/b18-13+. The summed E-state index contributed by atoms with van der Waals surface area (Å²) in [6.07, 6.45) is 4.37. The van der Waals surface area contributed by atoms with Crippen molar-refractivity contribution in [1.29, 1.82) is 0 Å². The monoisotopic (exact) mass is 346 g/mol. The van der Waals surface area contributed by atoms with Crippen molar-refractivity contribution >= 4 is 23.0 Å². The average Bonchev–Trinajstić information content (AvgIpc) is 3.00. The number of aliphatic imine (C=N–C) groups is 1. The van der Waals surface area contributed by atoms with Gasteiger partial charge in [-0.05, 0) is 55.0 Å². The Balaban J connectivity index is 1.72. The number of benzene rings is 2. The molecule has 0 amide bonds. The van der Waals surface area contributed by atoms with Crippen LogP contribution in [-0.2, 0) is 0 Å². The number of nitrogens with zero attached hydrogens (tertiary/aromatic N) is 1. The van der Waals surface area contributed by atoms with Crippen molar-refractivity contribution in [2.24, 2.45) is 10.7 Å². The Morgan fingerprint density at radius 1 is 0.960 bits per heavy atom. The fourth-order valence-electron chi connectivity index (χ4n) is 3.45. The lowest BCUT2D eigenvalue weighted by Gasteiger charge is -2.23. The molecule has 126 valence electrons. The van der Waals surface area contributed by atoms with E-state index < -0.39 is 0 Å². The molecule has 0 radical (unpaired) electrons. The van der Waals surface area contributed by atoms with E-state index >= 15 is 0 Å². The Morgan fingerprint density at radius 3 is 2.28 bits per heavy atom. The Kier molecular flexibility index (Phi) is 4.26. The molecule has 1 aliphatic carbocycles. The molecule has 3 heteroatoms. The lowest BCUT2D eigenvalue weighted by atomic mass is 10.0. The van der Waals surface area contributed by atoms with Gasteiger partial charge in [0.1, 0.15) is 0 Å². The van der Waals surface area contributed by atoms with Gasteiger partial charge in [0.25, 0.3) is 0 Å². The maximum Gasteiger partial charge on any atom is 0.160 e. The predicted octanol–water partition coefficient (Wildman–Crippen LogP) is 5.54. The first-order chi connectivity index (χ1) is 12.1. The summed E-state index contributed by atoms with van der Waals surface area (Å²) in [6, 6.07) is 17.4. The van der Waals surface area contributed by atoms with Crippen molar-refractivity contribution in [2.75, 3.05) is 0 Å². The zero-order chi connectivity index (χ0) is 17.4. The highest BCUT2D eigenvalue weighted by molar-refractivity contribution is 8.14. The van der Waals surface area contributed by atoms with Crippen molar-refractivity contribution in [2.45, 2.75) is 31.9 Å². The minimum absolute atomic E-state index is 0.289. The second-order valence-electron chi connectivity index (χ2n) is 6.81. The minimum atomic E-state index is 0.289. The van der Waals surface area contributed by atoms with E-state index in [-0.39, 0.29) is 5.25 Å². The van der Waals surface area contributed by atoms with Gasteiger partial charge in [0.05, 0.1) is 10.9 Å². The van der Waals surface area contributed by atoms with Crippen LogP contribution in [0, 0.1) is 13.8 Å². The lowest BCUT2D eigenvalue weighted by molar-refractivity contribution is 0.948. The van der Waals surface area contributed by atoms with Gasteiger partial charge in [-0.15, -0.1) is 0 Å². The molecule has 2 N–H and O–H groups in total. The lowest BCUT2D eigenvalue weighted by Crippen LogP contribution is -2.15. The van der Waals surface area contributed by atoms with Crippen molar-refractivity contribution in [3.8, 4) is 0 Å². The van der Waals surface area contributed by atoms with Crippen molar-refractivity contribution in [3.63, 3.8) is 0 Å². The maximum atomic E-state index is 6.18. The normalized spacial score (nSPS) is 21.4. The zero-order valence-electron chi connectivity index (χ0n) is 14.6. The number of nitrogens with two attached hydrogens (primary N) is 1. The first-order valence-electron chi connectivity index (χ1n) is 8.68. The average molecular weight is 346 g/mol. The number of rotatable bonds is 2. The van der Waals surface area contributed by atoms with Crippen LogP contribution < -0.4 is 5.73 Å². The second kappa shape index (κ2) is 6.57. The molecule has 1 aliphatic heterocycles. The van der Waals surface area contributed by atoms with Crippen LogP contribution in [0.25, 0.3) is 6.08 Å². The van der Waals surface area contributed by atoms with E-state index in [1.165, 1.54) is 33.4 Å². The van der Waals surface area contributed by atoms with Gasteiger partial charge in [-0.3, -0.25) is 0 Å². The van der Waals surface area contributed by atoms with E-state index in [0.717, 1.165) is 18.5 Å². The molecule has 0 saturated carbocycles. The van der Waals surface area contributed by atoms with Crippen molar-refractivity contribution in [3.05, 3.63) is 87.6 Å². The Bertz CT molecular complexity index is 887. The molecule has 2 aliphatic rings. The third kappa shape index (κ3) is 3.29. The summed E-state index contributed by atoms with van der Waals surface area (Å²) in [7, 11) is 0. The fourth-order valence-corrected chi connectivity index (χ4v) is 4.50. The summed E-state index contributed by atoms with van der Waals surface area (Å²) in [5, 5.41) is 0.957. The summed E-state index contributed by atoms with van der Waals surface area (Å²) in [6.45, 7) is 4.24. The van der Waals surface area contributed by atoms with E-state index in [1.807, 2.05) is 0 Å². The SMILES string of the molecule is Cc1ccc(/C=C2\CCC3=C2N=C(N)SC3c2ccc(C)cc2)cc1. The summed E-state index contributed by atoms with van der Waals surface area (Å²) >= 11 is 1.67. The van der Waals surface area contributed by atoms with E-state index in [0.29, 0.717) is 5.17 Å². The highest BCUT2D eigenvalue weighted by Crippen LogP contribution is 2.49. The smallest absolute Gasteiger partial charge is 0.160 e. The molecule has 0 saturated heterocycles. The van der Waals surface area contributed by atoms with Crippen molar-refractivity contribution in [1.82, 2.24) is 0 Å². The van der Waals surface area contributed by atoms with Crippen LogP contribution in [0.2, 0.25) is 0 Å². The number of hydrogen-bond acceptors (Lipinski definition) is 3. The Hall–Kier alpha value is -2.26. The molecular formula is C22H22N2S. The van der Waals surface area contributed by atoms with Gasteiger partial charge in [-0.25, -0.2) is 4.99 Å². The minimum Gasteiger partial charge on any atom is -0.378 e. The van der Waals surface area contributed by atoms with Crippen LogP contribution in [0.1, 0.15) is 40.3 Å². The third-order valence-corrected chi connectivity index (χ3v) is 5.97. The fraction of sp³-hybridized carbons (Fsp3) is 0.227. The van der Waals surface area contributed by atoms with Gasteiger partial charge in [0.2, 0.25) is 0 Å². The topological polar surface area (TPSA) is 38.4 Å². The van der Waals surface area contributed by atoms with Gasteiger partial charge < -0.3 is 5.73 Å². The molecule has 2 aromatic carbocycles. The first kappa shape index (κ1) is 16.2. The van der Waals surface area contributed by atoms with Crippen LogP contribution in [0.3, 0.4) is 0 Å². The van der Waals surface area contributed by atoms with Crippen LogP contribution in [-0.4, -0.2) is 5.17 Å². The molecule has 0 spiro atoms. The number of amidine groups is 1. The molecule has 2 nitrogen and oxygen atoms in total. The van der Waals surface area contributed by atoms with Gasteiger partial charge >= 0.3 is 0 Å². The van der Waals surface area contributed by atoms with Crippen LogP contribution in [0.5, 0.6) is 0 Å². The largest absolute Gasteiger partial charge is 0.378 e. The van der Waals surface area contributed by atoms with Gasteiger partial charge in [0.15, 0.2) is 5.17 Å². The molecule has 1 atom stereocenters. The Morgan fingerprint density at radius 2 is 1.60 bits per heavy atom. The number of thioether (sulfide) groups is 1. The highest BCUT2D eigenvalue weighted by atomic mass is 32.2. The zero-order valence-corrected chi connectivity index (χ0v) is 15.4. The maximum absolute atomic E-state index is 6.18. The second-order valence-corrected chi connectivity index (χ2v) is 7.94. The molecular weight excluding hydrogens is 324 g/mol. The Labute approximate surface area is 153 Å². The molecule has 1 unspecified atom stereocenters. The quantitative estimate of drug-likeness (QED) is 0.775. The van der Waals surface area contributed by atoms with E-state index in [4.69, 9.17) is 10.7 Å². The number of hydrogen-bond donors (Lipinski definition) is 1. The van der Waals surface area contributed by atoms with Gasteiger partial charge in [0, 0.05) is 0 Å². The summed E-state index contributed by atoms with van der Waals surface area (Å²) < 4.78 is 0. The molecule has 0 fully saturated rings. The van der Waals surface area contributed by atoms with E-state index in [9.17, 15) is 0 Å². The molecule has 1 heterocycles. The van der Waals surface area contributed by atoms with Crippen LogP contribution in [0.15, 0.2) is 70.4 Å². The molecule has 25 heavy (non-hydrogen) atoms. The molecule has 4 rings (SSSR count). The van der Waals surface area contributed by atoms with E-state index in [1.54, 1.807) is 11.8 Å². The highest BCUT2D eigenvalue weighted by Gasteiger charge is 2.31. The van der Waals surface area contributed by atoms with E-state index in [2.05, 4.69) is 68.5 Å². The summed E-state index contributed by atoms with van der Waals surface area (Å²) in [5.41, 5.74) is 15.1. The van der Waals surface area contributed by atoms with Gasteiger partial charge in [-0.2, -0.15) is 0 Å². The van der Waals surface area contributed by atoms with Crippen LogP contribution in [0.4, 0.5) is 0 Å². The molecule has 0 aromatic heterocycles. The number of aryl methyl sites for hydroxylation is 2. The third-order valence-electron chi connectivity index (χ3n) is 4.85. The predicted molar refractivity (Wildman–Crippen MR) is 109 cm³/mol. The van der Waals surface area contributed by atoms with Crippen molar-refractivity contribution < 1.29 is 0 Å². The first-order valence-corrected chi connectivity index (χ1v) is 9.56. The van der Waals surface area contributed by atoms with Crippen LogP contribution >= 0.6 is 11.8 Å².